The zero-order valence-electron chi connectivity index (χ0n) is 14.3. The van der Waals surface area contributed by atoms with Gasteiger partial charge in [0.15, 0.2) is 0 Å². The first-order valence-electron chi connectivity index (χ1n) is 8.47. The average molecular weight is 363 g/mol. The second-order valence-electron chi connectivity index (χ2n) is 6.20. The van der Waals surface area contributed by atoms with Gasteiger partial charge in [-0.1, -0.05) is 17.7 Å². The van der Waals surface area contributed by atoms with Gasteiger partial charge in [-0.15, -0.1) is 0 Å². The lowest BCUT2D eigenvalue weighted by molar-refractivity contribution is -0.131. The molecule has 1 aromatic heterocycles. The van der Waals surface area contributed by atoms with E-state index in [0.29, 0.717) is 18.0 Å². The molecule has 2 N–H and O–H groups in total. The van der Waals surface area contributed by atoms with Crippen molar-refractivity contribution in [1.29, 1.82) is 0 Å². The molecule has 1 fully saturated rings. The first-order valence-corrected chi connectivity index (χ1v) is 8.85. The number of hydrogen-bond acceptors (Lipinski definition) is 4. The Balaban J connectivity index is 1.64. The van der Waals surface area contributed by atoms with Crippen LogP contribution in [-0.2, 0) is 16.8 Å². The minimum atomic E-state index is -0.613. The molecule has 0 bridgehead atoms. The Labute approximate surface area is 152 Å². The molecule has 1 amide bonds. The molecule has 25 heavy (non-hydrogen) atoms. The van der Waals surface area contributed by atoms with Crippen molar-refractivity contribution in [1.82, 2.24) is 20.4 Å². The van der Waals surface area contributed by atoms with Crippen molar-refractivity contribution in [2.24, 2.45) is 0 Å². The Morgan fingerprint density at radius 3 is 2.88 bits per heavy atom. The van der Waals surface area contributed by atoms with Crippen LogP contribution < -0.4 is 15.4 Å². The summed E-state index contributed by atoms with van der Waals surface area (Å²) in [6.45, 7) is 2.14. The summed E-state index contributed by atoms with van der Waals surface area (Å²) in [5.74, 6) is 0.743. The van der Waals surface area contributed by atoms with Crippen molar-refractivity contribution in [2.45, 2.75) is 24.8 Å². The zero-order chi connectivity index (χ0) is 17.7. The second-order valence-corrected chi connectivity index (χ2v) is 6.60. The Kier molecular flexibility index (Phi) is 5.60. The fraction of sp³-hybridized carbons (Fsp3) is 0.444. The third-order valence-corrected chi connectivity index (χ3v) is 5.09. The number of carbonyl (C=O) groups excluding carboxylic acids is 1. The Bertz CT molecular complexity index is 712. The predicted octanol–water partition coefficient (Wildman–Crippen LogP) is 1.98. The van der Waals surface area contributed by atoms with Crippen molar-refractivity contribution in [2.75, 3.05) is 26.7 Å². The molecule has 134 valence electrons. The van der Waals surface area contributed by atoms with Gasteiger partial charge in [0.2, 0.25) is 5.91 Å². The summed E-state index contributed by atoms with van der Waals surface area (Å²) in [5, 5.41) is 11.4. The molecule has 0 aliphatic carbocycles. The quantitative estimate of drug-likeness (QED) is 0.824. The fourth-order valence-corrected chi connectivity index (χ4v) is 3.52. The van der Waals surface area contributed by atoms with Gasteiger partial charge in [0.05, 0.1) is 7.11 Å². The number of carbonyl (C=O) groups is 1. The molecule has 1 aliphatic heterocycles. The van der Waals surface area contributed by atoms with Gasteiger partial charge in [-0.3, -0.25) is 9.48 Å². The Hall–Kier alpha value is -2.05. The van der Waals surface area contributed by atoms with Gasteiger partial charge in [0.1, 0.15) is 11.3 Å². The number of nitrogens with one attached hydrogen (secondary N) is 2. The maximum absolute atomic E-state index is 12.9. The molecule has 1 aromatic carbocycles. The number of benzene rings is 1. The summed E-state index contributed by atoms with van der Waals surface area (Å²) in [4.78, 5) is 12.9. The number of methoxy groups -OCH3 is 1. The van der Waals surface area contributed by atoms with Crippen molar-refractivity contribution >= 4 is 17.5 Å². The molecule has 1 saturated heterocycles. The van der Waals surface area contributed by atoms with E-state index >= 15 is 0 Å². The molecular weight excluding hydrogens is 340 g/mol. The van der Waals surface area contributed by atoms with Gasteiger partial charge < -0.3 is 15.4 Å². The van der Waals surface area contributed by atoms with Crippen molar-refractivity contribution in [3.63, 3.8) is 0 Å². The van der Waals surface area contributed by atoms with Crippen molar-refractivity contribution in [3.8, 4) is 5.75 Å². The topological polar surface area (TPSA) is 68.2 Å². The number of piperidine rings is 1. The van der Waals surface area contributed by atoms with Gasteiger partial charge in [-0.25, -0.2) is 0 Å². The van der Waals surface area contributed by atoms with E-state index in [-0.39, 0.29) is 5.91 Å². The summed E-state index contributed by atoms with van der Waals surface area (Å²) in [5.41, 5.74) is 0.375. The number of rotatable bonds is 6. The molecule has 0 unspecified atom stereocenters. The number of aromatic nitrogens is 2. The normalized spacial score (nSPS) is 16.4. The number of amides is 1. The van der Waals surface area contributed by atoms with Crippen LogP contribution in [0.5, 0.6) is 5.75 Å². The van der Waals surface area contributed by atoms with E-state index in [1.165, 1.54) is 0 Å². The average Bonchev–Trinajstić information content (AvgIpc) is 3.18. The first-order chi connectivity index (χ1) is 12.2. The Morgan fingerprint density at radius 1 is 1.44 bits per heavy atom. The monoisotopic (exact) mass is 362 g/mol. The first kappa shape index (κ1) is 17.8. The molecule has 0 spiro atoms. The van der Waals surface area contributed by atoms with Crippen LogP contribution in [0.25, 0.3) is 0 Å². The standard InChI is InChI=1S/C18H23ClN4O2/c1-25-15-4-3-14(16(19)13-15)5-9-21-17(24)18(6-10-20-11-7-18)23-12-2-8-22-23/h2-4,8,12-13,20H,5-7,9-11H2,1H3,(H,21,24). The smallest absolute Gasteiger partial charge is 0.248 e. The van der Waals surface area contributed by atoms with E-state index < -0.39 is 5.54 Å². The highest BCUT2D eigenvalue weighted by Gasteiger charge is 2.41. The summed E-state index contributed by atoms with van der Waals surface area (Å²) < 4.78 is 6.95. The van der Waals surface area contributed by atoms with Crippen LogP contribution in [0.3, 0.4) is 0 Å². The van der Waals surface area contributed by atoms with Crippen LogP contribution in [0.15, 0.2) is 36.7 Å². The van der Waals surface area contributed by atoms with Crippen LogP contribution in [-0.4, -0.2) is 42.4 Å². The van der Waals surface area contributed by atoms with E-state index in [4.69, 9.17) is 16.3 Å². The summed E-state index contributed by atoms with van der Waals surface area (Å²) in [6, 6.07) is 7.45. The number of nitrogens with zero attached hydrogens (tertiary/aromatic N) is 2. The Morgan fingerprint density at radius 2 is 2.24 bits per heavy atom. The second kappa shape index (κ2) is 7.89. The lowest BCUT2D eigenvalue weighted by Crippen LogP contribution is -2.54. The largest absolute Gasteiger partial charge is 0.497 e. The minimum Gasteiger partial charge on any atom is -0.497 e. The summed E-state index contributed by atoms with van der Waals surface area (Å²) in [7, 11) is 1.61. The van der Waals surface area contributed by atoms with E-state index in [1.807, 2.05) is 24.4 Å². The molecule has 0 atom stereocenters. The molecule has 7 heteroatoms. The van der Waals surface area contributed by atoms with Crippen LogP contribution >= 0.6 is 11.6 Å². The van der Waals surface area contributed by atoms with Crippen LogP contribution in [0.4, 0.5) is 0 Å². The lowest BCUT2D eigenvalue weighted by atomic mass is 9.87. The summed E-state index contributed by atoms with van der Waals surface area (Å²) in [6.07, 6.45) is 5.70. The molecular formula is C18H23ClN4O2. The van der Waals surface area contributed by atoms with Crippen LogP contribution in [0.1, 0.15) is 18.4 Å². The maximum Gasteiger partial charge on any atom is 0.248 e. The molecule has 3 rings (SSSR count). The maximum atomic E-state index is 12.9. The van der Waals surface area contributed by atoms with Crippen LogP contribution in [0.2, 0.25) is 5.02 Å². The fourth-order valence-electron chi connectivity index (χ4n) is 3.26. The third-order valence-electron chi connectivity index (χ3n) is 4.74. The van der Waals surface area contributed by atoms with E-state index in [0.717, 1.165) is 37.2 Å². The van der Waals surface area contributed by atoms with E-state index in [2.05, 4.69) is 15.7 Å². The molecule has 1 aliphatic rings. The molecule has 6 nitrogen and oxygen atoms in total. The SMILES string of the molecule is COc1ccc(CCNC(=O)C2(n3cccn3)CCNCC2)c(Cl)c1. The highest BCUT2D eigenvalue weighted by atomic mass is 35.5. The minimum absolute atomic E-state index is 0.0161. The number of halogens is 1. The molecule has 2 aromatic rings. The van der Waals surface area contributed by atoms with Gasteiger partial charge in [-0.2, -0.15) is 5.10 Å². The highest BCUT2D eigenvalue weighted by Crippen LogP contribution is 2.27. The van der Waals surface area contributed by atoms with Crippen LogP contribution in [0, 0.1) is 0 Å². The van der Waals surface area contributed by atoms with Crippen molar-refractivity contribution in [3.05, 3.63) is 47.2 Å². The zero-order valence-corrected chi connectivity index (χ0v) is 15.1. The summed E-state index contributed by atoms with van der Waals surface area (Å²) >= 11 is 6.27. The highest BCUT2D eigenvalue weighted by molar-refractivity contribution is 6.31. The third kappa shape index (κ3) is 3.80. The number of ether oxygens (including phenoxy) is 1. The van der Waals surface area contributed by atoms with Crippen molar-refractivity contribution < 1.29 is 9.53 Å². The molecule has 0 saturated carbocycles. The predicted molar refractivity (Wildman–Crippen MR) is 97.0 cm³/mol. The molecule has 0 radical (unpaired) electrons. The van der Waals surface area contributed by atoms with Gasteiger partial charge >= 0.3 is 0 Å². The van der Waals surface area contributed by atoms with E-state index in [1.54, 1.807) is 24.1 Å². The van der Waals surface area contributed by atoms with Gasteiger partial charge in [0, 0.05) is 24.0 Å². The molecule has 2 heterocycles. The van der Waals surface area contributed by atoms with Gasteiger partial charge in [0.25, 0.3) is 0 Å². The van der Waals surface area contributed by atoms with Gasteiger partial charge in [-0.05, 0) is 56.1 Å². The lowest BCUT2D eigenvalue weighted by Gasteiger charge is -2.36. The van der Waals surface area contributed by atoms with E-state index in [9.17, 15) is 4.79 Å². The number of hydrogen-bond donors (Lipinski definition) is 2.